The van der Waals surface area contributed by atoms with E-state index in [0.717, 1.165) is 12.8 Å². The molecule has 0 amide bonds. The van der Waals surface area contributed by atoms with Crippen molar-refractivity contribution in [2.45, 2.75) is 25.7 Å². The third-order valence-electron chi connectivity index (χ3n) is 1.69. The number of Topliss-reactive ketones (excluding diaryl/α,β-unsaturated/α-hetero) is 2. The van der Waals surface area contributed by atoms with Crippen molar-refractivity contribution in [1.82, 2.24) is 0 Å². The van der Waals surface area contributed by atoms with Crippen molar-refractivity contribution in [3.8, 4) is 0 Å². The minimum atomic E-state index is 0.111. The van der Waals surface area contributed by atoms with Crippen LogP contribution in [0.3, 0.4) is 0 Å². The van der Waals surface area contributed by atoms with Gasteiger partial charge in [-0.2, -0.15) is 0 Å². The molecule has 0 N–H and O–H groups in total. The summed E-state index contributed by atoms with van der Waals surface area (Å²) in [5, 5.41) is 0. The van der Waals surface area contributed by atoms with Crippen LogP contribution in [0.1, 0.15) is 25.7 Å². The van der Waals surface area contributed by atoms with E-state index in [2.05, 4.69) is 0 Å². The minimum absolute atomic E-state index is 0.111. The second kappa shape index (κ2) is 4.23. The summed E-state index contributed by atoms with van der Waals surface area (Å²) >= 11 is 0. The van der Waals surface area contributed by atoms with E-state index in [9.17, 15) is 9.59 Å². The molecule has 1 heterocycles. The van der Waals surface area contributed by atoms with E-state index in [-0.39, 0.29) is 24.8 Å². The van der Waals surface area contributed by atoms with Crippen LogP contribution in [-0.2, 0) is 14.3 Å². The number of hydrogen-bond acceptors (Lipinski definition) is 3. The van der Waals surface area contributed by atoms with Gasteiger partial charge >= 0.3 is 0 Å². The fourth-order valence-electron chi connectivity index (χ4n) is 1.07. The van der Waals surface area contributed by atoms with E-state index in [1.807, 2.05) is 0 Å². The lowest BCUT2D eigenvalue weighted by Crippen LogP contribution is -2.11. The number of ketones is 2. The first-order valence-corrected chi connectivity index (χ1v) is 3.90. The van der Waals surface area contributed by atoms with Crippen molar-refractivity contribution in [2.24, 2.45) is 0 Å². The van der Waals surface area contributed by atoms with Gasteiger partial charge in [-0.3, -0.25) is 9.59 Å². The van der Waals surface area contributed by atoms with Crippen molar-refractivity contribution in [1.29, 1.82) is 0 Å². The molecule has 0 bridgehead atoms. The summed E-state index contributed by atoms with van der Waals surface area (Å²) in [6.45, 7) is 0.234. The van der Waals surface area contributed by atoms with E-state index >= 15 is 0 Å². The summed E-state index contributed by atoms with van der Waals surface area (Å²) in [7, 11) is 0. The molecule has 1 aliphatic rings. The highest BCUT2D eigenvalue weighted by molar-refractivity contribution is 5.82. The third-order valence-corrected chi connectivity index (χ3v) is 1.69. The number of rotatable bonds is 0. The minimum Gasteiger partial charge on any atom is -0.366 e. The van der Waals surface area contributed by atoms with Crippen LogP contribution < -0.4 is 0 Å². The zero-order valence-corrected chi connectivity index (χ0v) is 6.47. The van der Waals surface area contributed by atoms with E-state index < -0.39 is 0 Å². The quantitative estimate of drug-likeness (QED) is 0.519. The van der Waals surface area contributed by atoms with Gasteiger partial charge in [-0.1, -0.05) is 0 Å². The second-order valence-electron chi connectivity index (χ2n) is 2.78. The molecule has 3 nitrogen and oxygen atoms in total. The third kappa shape index (κ3) is 3.28. The van der Waals surface area contributed by atoms with Crippen molar-refractivity contribution < 1.29 is 14.3 Å². The van der Waals surface area contributed by atoms with Gasteiger partial charge in [-0.15, -0.1) is 0 Å². The lowest BCUT2D eigenvalue weighted by molar-refractivity contribution is -0.127. The maximum atomic E-state index is 10.9. The molecule has 0 unspecified atom stereocenters. The molecule has 1 aliphatic heterocycles. The second-order valence-corrected chi connectivity index (χ2v) is 2.78. The Morgan fingerprint density at radius 1 is 0.909 bits per heavy atom. The first-order valence-electron chi connectivity index (χ1n) is 3.90. The van der Waals surface area contributed by atoms with Gasteiger partial charge in [0.15, 0.2) is 11.6 Å². The first-order chi connectivity index (χ1) is 5.29. The summed E-state index contributed by atoms with van der Waals surface area (Å²) in [6.07, 6.45) is 2.78. The van der Waals surface area contributed by atoms with E-state index in [4.69, 9.17) is 4.74 Å². The number of carbonyl (C=O) groups excluding carboxylic acids is 2. The van der Waals surface area contributed by atoms with E-state index in [1.165, 1.54) is 0 Å². The summed E-state index contributed by atoms with van der Waals surface area (Å²) in [6, 6.07) is 0. The average molecular weight is 156 g/mol. The fraction of sp³-hybridized carbons (Fsp3) is 0.750. The van der Waals surface area contributed by atoms with Crippen LogP contribution in [0.4, 0.5) is 0 Å². The topological polar surface area (TPSA) is 43.4 Å². The SMILES string of the molecule is O=C1CCCCC(=O)COC1. The fourth-order valence-corrected chi connectivity index (χ4v) is 1.07. The molecule has 0 radical (unpaired) electrons. The van der Waals surface area contributed by atoms with Crippen molar-refractivity contribution in [3.05, 3.63) is 0 Å². The molecule has 3 heteroatoms. The van der Waals surface area contributed by atoms with Gasteiger partial charge in [0.05, 0.1) is 0 Å². The summed E-state index contributed by atoms with van der Waals surface area (Å²) < 4.78 is 4.88. The predicted molar refractivity (Wildman–Crippen MR) is 39.3 cm³/mol. The molecule has 0 spiro atoms. The Labute approximate surface area is 65.7 Å². The van der Waals surface area contributed by atoms with Crippen molar-refractivity contribution in [2.75, 3.05) is 13.2 Å². The van der Waals surface area contributed by atoms with Gasteiger partial charge in [0.25, 0.3) is 0 Å². The molecule has 0 aliphatic carbocycles. The highest BCUT2D eigenvalue weighted by Gasteiger charge is 2.09. The molecular weight excluding hydrogens is 144 g/mol. The Hall–Kier alpha value is -0.700. The van der Waals surface area contributed by atoms with Crippen LogP contribution in [0.5, 0.6) is 0 Å². The van der Waals surface area contributed by atoms with Crippen molar-refractivity contribution >= 4 is 11.6 Å². The molecule has 1 fully saturated rings. The van der Waals surface area contributed by atoms with Gasteiger partial charge in [-0.25, -0.2) is 0 Å². The van der Waals surface area contributed by atoms with Gasteiger partial charge in [0.1, 0.15) is 13.2 Å². The van der Waals surface area contributed by atoms with Gasteiger partial charge in [0, 0.05) is 12.8 Å². The summed E-state index contributed by atoms with van der Waals surface area (Å²) in [5.41, 5.74) is 0. The molecule has 1 rings (SSSR count). The Bertz CT molecular complexity index is 145. The van der Waals surface area contributed by atoms with Crippen LogP contribution in [-0.4, -0.2) is 24.8 Å². The number of hydrogen-bond donors (Lipinski definition) is 0. The smallest absolute Gasteiger partial charge is 0.158 e. The maximum Gasteiger partial charge on any atom is 0.158 e. The Kier molecular flexibility index (Phi) is 3.23. The normalized spacial score (nSPS) is 22.2. The lowest BCUT2D eigenvalue weighted by atomic mass is 10.1. The zero-order valence-electron chi connectivity index (χ0n) is 6.47. The molecule has 62 valence electrons. The molecule has 0 aromatic rings. The van der Waals surface area contributed by atoms with Crippen LogP contribution in [0.15, 0.2) is 0 Å². The molecular formula is C8H12O3. The molecule has 1 saturated heterocycles. The van der Waals surface area contributed by atoms with Crippen molar-refractivity contribution in [3.63, 3.8) is 0 Å². The molecule has 0 saturated carbocycles. The van der Waals surface area contributed by atoms with Gasteiger partial charge in [0.2, 0.25) is 0 Å². The largest absolute Gasteiger partial charge is 0.366 e. The number of ether oxygens (including phenoxy) is 1. The maximum absolute atomic E-state index is 10.9. The standard InChI is InChI=1S/C8H12O3/c9-7-3-1-2-4-8(10)6-11-5-7/h1-6H2. The molecule has 11 heavy (non-hydrogen) atoms. The highest BCUT2D eigenvalue weighted by Crippen LogP contribution is 2.04. The van der Waals surface area contributed by atoms with Crippen LogP contribution >= 0.6 is 0 Å². The Morgan fingerprint density at radius 3 is 1.82 bits per heavy atom. The van der Waals surface area contributed by atoms with E-state index in [1.54, 1.807) is 0 Å². The number of carbonyl (C=O) groups is 2. The predicted octanol–water partition coefficient (Wildman–Crippen LogP) is 0.715. The summed E-state index contributed by atoms with van der Waals surface area (Å²) in [4.78, 5) is 21.7. The van der Waals surface area contributed by atoms with Crippen LogP contribution in [0, 0.1) is 0 Å². The Balaban J connectivity index is 2.35. The first kappa shape index (κ1) is 8.40. The van der Waals surface area contributed by atoms with E-state index in [0.29, 0.717) is 12.8 Å². The Morgan fingerprint density at radius 2 is 1.36 bits per heavy atom. The zero-order chi connectivity index (χ0) is 8.10. The lowest BCUT2D eigenvalue weighted by Gasteiger charge is -1.97. The molecule has 0 aromatic carbocycles. The van der Waals surface area contributed by atoms with Gasteiger partial charge in [-0.05, 0) is 12.8 Å². The monoisotopic (exact) mass is 156 g/mol. The summed E-state index contributed by atoms with van der Waals surface area (Å²) in [5.74, 6) is 0.222. The molecule has 0 aromatic heterocycles. The molecule has 0 atom stereocenters. The highest BCUT2D eigenvalue weighted by atomic mass is 16.5. The van der Waals surface area contributed by atoms with Gasteiger partial charge < -0.3 is 4.74 Å². The van der Waals surface area contributed by atoms with Crippen LogP contribution in [0.2, 0.25) is 0 Å². The average Bonchev–Trinajstić information content (AvgIpc) is 2.04. The van der Waals surface area contributed by atoms with Crippen LogP contribution in [0.25, 0.3) is 0 Å².